The molecule has 1 aliphatic rings. The predicted molar refractivity (Wildman–Crippen MR) is 113 cm³/mol. The van der Waals surface area contributed by atoms with Crippen molar-refractivity contribution in [2.45, 2.75) is 31.8 Å². The van der Waals surface area contributed by atoms with Crippen LogP contribution in [-0.2, 0) is 17.8 Å². The Kier molecular flexibility index (Phi) is 6.92. The zero-order chi connectivity index (χ0) is 21.7. The summed E-state index contributed by atoms with van der Waals surface area (Å²) in [4.78, 5) is 14.6. The Morgan fingerprint density at radius 2 is 1.40 bits per heavy atom. The zero-order valence-corrected chi connectivity index (χ0v) is 18.2. The number of carbonyl (C=O) groups is 1. The van der Waals surface area contributed by atoms with E-state index in [-0.39, 0.29) is 11.9 Å². The Balaban J connectivity index is 1.82. The van der Waals surface area contributed by atoms with Crippen molar-refractivity contribution < 1.29 is 28.5 Å². The summed E-state index contributed by atoms with van der Waals surface area (Å²) in [6.07, 6.45) is 2.11. The Labute approximate surface area is 177 Å². The molecule has 2 aromatic rings. The molecular weight excluding hydrogens is 386 g/mol. The fraction of sp³-hybridized carbons (Fsp3) is 0.435. The van der Waals surface area contributed by atoms with Gasteiger partial charge in [-0.1, -0.05) is 6.07 Å². The Bertz CT molecular complexity index is 872. The molecule has 30 heavy (non-hydrogen) atoms. The number of amides is 1. The summed E-state index contributed by atoms with van der Waals surface area (Å²) in [7, 11) is 7.98. The van der Waals surface area contributed by atoms with Crippen molar-refractivity contribution in [3.63, 3.8) is 0 Å². The van der Waals surface area contributed by atoms with E-state index in [0.717, 1.165) is 24.0 Å². The summed E-state index contributed by atoms with van der Waals surface area (Å²) in [5, 5.41) is 0. The van der Waals surface area contributed by atoms with Crippen LogP contribution in [0.5, 0.6) is 28.7 Å². The first-order valence-corrected chi connectivity index (χ1v) is 9.83. The molecule has 0 N–H and O–H groups in total. The highest BCUT2D eigenvalue weighted by Crippen LogP contribution is 2.39. The van der Waals surface area contributed by atoms with E-state index in [0.29, 0.717) is 41.7 Å². The number of likely N-dealkylation sites (tertiary alicyclic amines) is 1. The quantitative estimate of drug-likeness (QED) is 0.625. The lowest BCUT2D eigenvalue weighted by Crippen LogP contribution is -2.33. The second-order valence-corrected chi connectivity index (χ2v) is 7.14. The number of hydrogen-bond donors (Lipinski definition) is 0. The van der Waals surface area contributed by atoms with Crippen molar-refractivity contribution in [3.05, 3.63) is 41.5 Å². The zero-order valence-electron chi connectivity index (χ0n) is 18.2. The third-order valence-corrected chi connectivity index (χ3v) is 5.45. The van der Waals surface area contributed by atoms with Gasteiger partial charge in [-0.3, -0.25) is 4.79 Å². The van der Waals surface area contributed by atoms with Crippen LogP contribution >= 0.6 is 0 Å². The van der Waals surface area contributed by atoms with Crippen LogP contribution in [0.2, 0.25) is 0 Å². The summed E-state index contributed by atoms with van der Waals surface area (Å²) in [6, 6.07) is 9.77. The number of benzene rings is 2. The first-order valence-electron chi connectivity index (χ1n) is 9.83. The summed E-state index contributed by atoms with van der Waals surface area (Å²) >= 11 is 0. The molecule has 1 fully saturated rings. The highest BCUT2D eigenvalue weighted by molar-refractivity contribution is 5.79. The maximum absolute atomic E-state index is 12.6. The molecular formula is C23H29NO6. The van der Waals surface area contributed by atoms with Crippen molar-refractivity contribution in [2.24, 2.45) is 0 Å². The molecule has 1 heterocycles. The Hall–Kier alpha value is -3.09. The Morgan fingerprint density at radius 1 is 0.800 bits per heavy atom. The lowest BCUT2D eigenvalue weighted by atomic mass is 10.0. The van der Waals surface area contributed by atoms with E-state index < -0.39 is 0 Å². The highest BCUT2D eigenvalue weighted by Gasteiger charge is 2.31. The van der Waals surface area contributed by atoms with Crippen LogP contribution in [0.3, 0.4) is 0 Å². The number of ether oxygens (including phenoxy) is 5. The van der Waals surface area contributed by atoms with Crippen molar-refractivity contribution in [1.82, 2.24) is 4.90 Å². The van der Waals surface area contributed by atoms with E-state index in [2.05, 4.69) is 0 Å². The number of methoxy groups -OCH3 is 5. The topological polar surface area (TPSA) is 66.5 Å². The molecule has 1 aliphatic heterocycles. The maximum Gasteiger partial charge on any atom is 0.223 e. The molecule has 2 aromatic carbocycles. The second kappa shape index (κ2) is 9.61. The molecule has 7 heteroatoms. The third-order valence-electron chi connectivity index (χ3n) is 5.45. The van der Waals surface area contributed by atoms with Gasteiger partial charge in [0, 0.05) is 19.0 Å². The Morgan fingerprint density at radius 3 is 1.97 bits per heavy atom. The van der Waals surface area contributed by atoms with E-state index >= 15 is 0 Å². The van der Waals surface area contributed by atoms with Crippen LogP contribution < -0.4 is 23.7 Å². The van der Waals surface area contributed by atoms with Gasteiger partial charge < -0.3 is 28.6 Å². The van der Waals surface area contributed by atoms with Gasteiger partial charge in [0.15, 0.2) is 23.0 Å². The van der Waals surface area contributed by atoms with E-state index in [1.54, 1.807) is 35.5 Å². The minimum Gasteiger partial charge on any atom is -0.493 e. The van der Waals surface area contributed by atoms with Crippen molar-refractivity contribution >= 4 is 5.91 Å². The number of rotatable bonds is 9. The summed E-state index contributed by atoms with van der Waals surface area (Å²) in [6.45, 7) is 0.480. The van der Waals surface area contributed by atoms with Crippen LogP contribution in [0.25, 0.3) is 0 Å². The fourth-order valence-electron chi connectivity index (χ4n) is 3.93. The molecule has 3 rings (SSSR count). The van der Waals surface area contributed by atoms with Crippen molar-refractivity contribution in [2.75, 3.05) is 35.5 Å². The molecule has 1 amide bonds. The number of carbonyl (C=O) groups excluding carboxylic acids is 1. The minimum absolute atomic E-state index is 0.106. The normalized spacial score (nSPS) is 15.8. The molecule has 7 nitrogen and oxygen atoms in total. The van der Waals surface area contributed by atoms with Crippen molar-refractivity contribution in [1.29, 1.82) is 0 Å². The van der Waals surface area contributed by atoms with E-state index in [4.69, 9.17) is 23.7 Å². The van der Waals surface area contributed by atoms with Crippen molar-refractivity contribution in [3.8, 4) is 28.7 Å². The average Bonchev–Trinajstić information content (AvgIpc) is 3.11. The fourth-order valence-corrected chi connectivity index (χ4v) is 3.93. The summed E-state index contributed by atoms with van der Waals surface area (Å²) in [5.74, 6) is 3.23. The van der Waals surface area contributed by atoms with Gasteiger partial charge in [0.1, 0.15) is 0 Å². The van der Waals surface area contributed by atoms with Gasteiger partial charge in [0.2, 0.25) is 11.7 Å². The molecule has 0 aliphatic carbocycles. The molecule has 162 valence electrons. The van der Waals surface area contributed by atoms with E-state index in [1.165, 1.54) is 0 Å². The predicted octanol–water partition coefficient (Wildman–Crippen LogP) is 3.46. The van der Waals surface area contributed by atoms with Crippen LogP contribution in [-0.4, -0.2) is 52.4 Å². The molecule has 1 saturated heterocycles. The second-order valence-electron chi connectivity index (χ2n) is 7.14. The minimum atomic E-state index is 0.106. The summed E-state index contributed by atoms with van der Waals surface area (Å²) < 4.78 is 27.0. The van der Waals surface area contributed by atoms with Gasteiger partial charge in [-0.2, -0.15) is 0 Å². The first-order chi connectivity index (χ1) is 14.5. The molecule has 1 unspecified atom stereocenters. The van der Waals surface area contributed by atoms with Gasteiger partial charge >= 0.3 is 0 Å². The van der Waals surface area contributed by atoms with Crippen LogP contribution in [0.15, 0.2) is 30.3 Å². The summed E-state index contributed by atoms with van der Waals surface area (Å²) in [5.41, 5.74) is 2.03. The van der Waals surface area contributed by atoms with Gasteiger partial charge in [0.05, 0.1) is 35.5 Å². The molecule has 1 atom stereocenters. The maximum atomic E-state index is 12.6. The lowest BCUT2D eigenvalue weighted by Gasteiger charge is -2.26. The standard InChI is InChI=1S/C23H29NO6/c1-26-18-8-6-15(11-19(18)27-2)10-17-7-9-22(25)24(17)14-16-12-20(28-3)23(30-5)21(13-16)29-4/h6,8,11-13,17H,7,9-10,14H2,1-5H3. The molecule has 0 radical (unpaired) electrons. The molecule has 0 saturated carbocycles. The average molecular weight is 415 g/mol. The van der Waals surface area contributed by atoms with Crippen LogP contribution in [0, 0.1) is 0 Å². The molecule has 0 bridgehead atoms. The van der Waals surface area contributed by atoms with E-state index in [1.807, 2.05) is 35.2 Å². The van der Waals surface area contributed by atoms with Gasteiger partial charge in [-0.05, 0) is 48.2 Å². The van der Waals surface area contributed by atoms with E-state index in [9.17, 15) is 4.79 Å². The largest absolute Gasteiger partial charge is 0.493 e. The van der Waals surface area contributed by atoms with Gasteiger partial charge in [0.25, 0.3) is 0 Å². The van der Waals surface area contributed by atoms with Gasteiger partial charge in [-0.15, -0.1) is 0 Å². The SMILES string of the molecule is COc1ccc(CC2CCC(=O)N2Cc2cc(OC)c(OC)c(OC)c2)cc1OC. The van der Waals surface area contributed by atoms with Crippen LogP contribution in [0.1, 0.15) is 24.0 Å². The highest BCUT2D eigenvalue weighted by atomic mass is 16.5. The van der Waals surface area contributed by atoms with Crippen LogP contribution in [0.4, 0.5) is 0 Å². The number of nitrogens with zero attached hydrogens (tertiary/aromatic N) is 1. The first kappa shape index (κ1) is 21.6. The number of hydrogen-bond acceptors (Lipinski definition) is 6. The smallest absolute Gasteiger partial charge is 0.223 e. The van der Waals surface area contributed by atoms with Gasteiger partial charge in [-0.25, -0.2) is 0 Å². The molecule has 0 spiro atoms. The monoisotopic (exact) mass is 415 g/mol. The third kappa shape index (κ3) is 4.40. The molecule has 0 aromatic heterocycles. The lowest BCUT2D eigenvalue weighted by molar-refractivity contribution is -0.129.